The van der Waals surface area contributed by atoms with Crippen LogP contribution < -0.4 is 0 Å². The molecule has 0 aliphatic heterocycles. The van der Waals surface area contributed by atoms with Crippen molar-refractivity contribution < 1.29 is 13.9 Å². The van der Waals surface area contributed by atoms with Gasteiger partial charge in [-0.25, -0.2) is 9.78 Å². The SMILES string of the molecule is CCOC(=O)c1ncoc1-c1cc2sccc2s1. The smallest absolute Gasteiger partial charge is 0.361 e. The monoisotopic (exact) mass is 279 g/mol. The standard InChI is InChI=1S/C12H9NO3S2/c1-2-15-12(14)10-11(16-6-13-10)9-5-8-7(18-9)3-4-17-8/h3-6H,2H2,1H3. The van der Waals surface area contributed by atoms with Crippen LogP contribution in [0.2, 0.25) is 0 Å². The molecule has 3 aromatic rings. The summed E-state index contributed by atoms with van der Waals surface area (Å²) in [7, 11) is 0. The predicted octanol–water partition coefficient (Wildman–Crippen LogP) is 3.79. The number of hydrogen-bond donors (Lipinski definition) is 0. The van der Waals surface area contributed by atoms with Crippen LogP contribution in [-0.4, -0.2) is 17.6 Å². The third-order valence-corrected chi connectivity index (χ3v) is 4.49. The fourth-order valence-corrected chi connectivity index (χ4v) is 3.74. The molecule has 92 valence electrons. The van der Waals surface area contributed by atoms with Gasteiger partial charge in [0.15, 0.2) is 17.8 Å². The van der Waals surface area contributed by atoms with Gasteiger partial charge in [-0.2, -0.15) is 0 Å². The molecule has 0 bridgehead atoms. The Morgan fingerprint density at radius 3 is 3.17 bits per heavy atom. The van der Waals surface area contributed by atoms with Crippen LogP contribution in [0.1, 0.15) is 17.4 Å². The summed E-state index contributed by atoms with van der Waals surface area (Å²) in [5.74, 6) is 0.0415. The number of carbonyl (C=O) groups is 1. The molecule has 3 rings (SSSR count). The molecule has 0 amide bonds. The topological polar surface area (TPSA) is 52.3 Å². The van der Waals surface area contributed by atoms with E-state index in [-0.39, 0.29) is 5.69 Å². The van der Waals surface area contributed by atoms with Gasteiger partial charge in [-0.3, -0.25) is 0 Å². The Bertz CT molecular complexity index is 666. The average molecular weight is 279 g/mol. The summed E-state index contributed by atoms with van der Waals surface area (Å²) in [6.45, 7) is 2.09. The van der Waals surface area contributed by atoms with E-state index in [1.807, 2.05) is 11.4 Å². The second-order valence-corrected chi connectivity index (χ2v) is 5.54. The van der Waals surface area contributed by atoms with Gasteiger partial charge in [0.1, 0.15) is 0 Å². The molecule has 0 aromatic carbocycles. The molecular weight excluding hydrogens is 270 g/mol. The number of aromatic nitrogens is 1. The van der Waals surface area contributed by atoms with Crippen LogP contribution in [0, 0.1) is 0 Å². The Balaban J connectivity index is 2.04. The maximum absolute atomic E-state index is 11.7. The van der Waals surface area contributed by atoms with Gasteiger partial charge in [-0.15, -0.1) is 22.7 Å². The van der Waals surface area contributed by atoms with E-state index < -0.39 is 5.97 Å². The second kappa shape index (κ2) is 4.55. The normalized spacial score (nSPS) is 10.9. The highest BCUT2D eigenvalue weighted by molar-refractivity contribution is 7.28. The Kier molecular flexibility index (Phi) is 2.89. The zero-order valence-corrected chi connectivity index (χ0v) is 11.1. The molecule has 0 atom stereocenters. The molecule has 18 heavy (non-hydrogen) atoms. The molecular formula is C12H9NO3S2. The average Bonchev–Trinajstić information content (AvgIpc) is 3.03. The summed E-state index contributed by atoms with van der Waals surface area (Å²) >= 11 is 3.24. The van der Waals surface area contributed by atoms with Crippen molar-refractivity contribution in [2.24, 2.45) is 0 Å². The number of nitrogens with zero attached hydrogens (tertiary/aromatic N) is 1. The van der Waals surface area contributed by atoms with E-state index in [1.54, 1.807) is 29.6 Å². The maximum atomic E-state index is 11.7. The van der Waals surface area contributed by atoms with Crippen molar-refractivity contribution in [2.45, 2.75) is 6.92 Å². The zero-order chi connectivity index (χ0) is 12.5. The first-order chi connectivity index (χ1) is 8.79. The molecule has 3 aromatic heterocycles. The molecule has 0 saturated carbocycles. The fraction of sp³-hybridized carbons (Fsp3) is 0.167. The van der Waals surface area contributed by atoms with Gasteiger partial charge in [0.2, 0.25) is 0 Å². The van der Waals surface area contributed by atoms with Crippen molar-refractivity contribution in [1.82, 2.24) is 4.98 Å². The van der Waals surface area contributed by atoms with E-state index in [9.17, 15) is 4.79 Å². The number of esters is 1. The number of carbonyl (C=O) groups excluding carboxylic acids is 1. The Morgan fingerprint density at radius 2 is 2.39 bits per heavy atom. The molecule has 0 aliphatic carbocycles. The molecule has 0 unspecified atom stereocenters. The summed E-state index contributed by atoms with van der Waals surface area (Å²) in [5, 5.41) is 2.04. The Labute approximate surface area is 111 Å². The van der Waals surface area contributed by atoms with Crippen molar-refractivity contribution in [3.63, 3.8) is 0 Å². The lowest BCUT2D eigenvalue weighted by Crippen LogP contribution is -2.05. The number of rotatable bonds is 3. The van der Waals surface area contributed by atoms with E-state index in [4.69, 9.17) is 9.15 Å². The zero-order valence-electron chi connectivity index (χ0n) is 9.50. The minimum Gasteiger partial charge on any atom is -0.461 e. The lowest BCUT2D eigenvalue weighted by Gasteiger charge is -1.98. The van der Waals surface area contributed by atoms with Crippen molar-refractivity contribution in [1.29, 1.82) is 0 Å². The summed E-state index contributed by atoms with van der Waals surface area (Å²) in [5.41, 5.74) is 0.241. The molecule has 3 heterocycles. The van der Waals surface area contributed by atoms with Crippen LogP contribution in [0.5, 0.6) is 0 Å². The highest BCUT2D eigenvalue weighted by Gasteiger charge is 2.21. The van der Waals surface area contributed by atoms with E-state index in [1.165, 1.54) is 15.8 Å². The van der Waals surface area contributed by atoms with Crippen molar-refractivity contribution in [3.05, 3.63) is 29.6 Å². The van der Waals surface area contributed by atoms with Gasteiger partial charge in [-0.05, 0) is 24.4 Å². The molecule has 0 spiro atoms. The molecule has 6 heteroatoms. The molecule has 0 radical (unpaired) electrons. The summed E-state index contributed by atoms with van der Waals surface area (Å²) < 4.78 is 12.6. The highest BCUT2D eigenvalue weighted by atomic mass is 32.1. The lowest BCUT2D eigenvalue weighted by molar-refractivity contribution is 0.0520. The molecule has 4 nitrogen and oxygen atoms in total. The van der Waals surface area contributed by atoms with Crippen molar-refractivity contribution in [3.8, 4) is 10.6 Å². The second-order valence-electron chi connectivity index (χ2n) is 3.51. The van der Waals surface area contributed by atoms with Crippen LogP contribution in [0.4, 0.5) is 0 Å². The summed E-state index contributed by atoms with van der Waals surface area (Å²) in [6.07, 6.45) is 1.27. The van der Waals surface area contributed by atoms with E-state index >= 15 is 0 Å². The van der Waals surface area contributed by atoms with Crippen molar-refractivity contribution in [2.75, 3.05) is 6.61 Å². The first-order valence-electron chi connectivity index (χ1n) is 5.37. The Hall–Kier alpha value is -1.66. The first-order valence-corrected chi connectivity index (χ1v) is 7.07. The largest absolute Gasteiger partial charge is 0.461 e. The van der Waals surface area contributed by atoms with Crippen LogP contribution in [0.3, 0.4) is 0 Å². The van der Waals surface area contributed by atoms with Crippen LogP contribution >= 0.6 is 22.7 Å². The maximum Gasteiger partial charge on any atom is 0.361 e. The quantitative estimate of drug-likeness (QED) is 0.684. The number of fused-ring (bicyclic) bond motifs is 1. The predicted molar refractivity (Wildman–Crippen MR) is 71.2 cm³/mol. The minimum atomic E-state index is -0.446. The number of hydrogen-bond acceptors (Lipinski definition) is 6. The van der Waals surface area contributed by atoms with Gasteiger partial charge >= 0.3 is 5.97 Å². The molecule has 0 aliphatic rings. The first kappa shape index (κ1) is 11.4. The van der Waals surface area contributed by atoms with Gasteiger partial charge in [0, 0.05) is 9.40 Å². The van der Waals surface area contributed by atoms with E-state index in [0.717, 1.165) is 4.88 Å². The van der Waals surface area contributed by atoms with Crippen molar-refractivity contribution >= 4 is 38.0 Å². The highest BCUT2D eigenvalue weighted by Crippen LogP contribution is 2.37. The minimum absolute atomic E-state index is 0.241. The lowest BCUT2D eigenvalue weighted by atomic mass is 10.3. The van der Waals surface area contributed by atoms with Crippen LogP contribution in [0.25, 0.3) is 20.0 Å². The van der Waals surface area contributed by atoms with Crippen LogP contribution in [-0.2, 0) is 4.74 Å². The number of oxazole rings is 1. The number of thiophene rings is 2. The fourth-order valence-electron chi connectivity index (χ4n) is 1.64. The molecule has 0 N–H and O–H groups in total. The van der Waals surface area contributed by atoms with Gasteiger partial charge in [-0.1, -0.05) is 0 Å². The summed E-state index contributed by atoms with van der Waals surface area (Å²) in [4.78, 5) is 16.6. The molecule has 0 saturated heterocycles. The third kappa shape index (κ3) is 1.83. The third-order valence-electron chi connectivity index (χ3n) is 2.40. The van der Waals surface area contributed by atoms with Crippen LogP contribution in [0.15, 0.2) is 28.3 Å². The van der Waals surface area contributed by atoms with Gasteiger partial charge < -0.3 is 9.15 Å². The van der Waals surface area contributed by atoms with E-state index in [0.29, 0.717) is 12.4 Å². The van der Waals surface area contributed by atoms with Gasteiger partial charge in [0.25, 0.3) is 0 Å². The number of ether oxygens (including phenoxy) is 1. The molecule has 0 fully saturated rings. The Morgan fingerprint density at radius 1 is 1.50 bits per heavy atom. The summed E-state index contributed by atoms with van der Waals surface area (Å²) in [6, 6.07) is 4.06. The van der Waals surface area contributed by atoms with Gasteiger partial charge in [0.05, 0.1) is 11.5 Å². The van der Waals surface area contributed by atoms with E-state index in [2.05, 4.69) is 11.1 Å².